The molecule has 0 aliphatic rings. The summed E-state index contributed by atoms with van der Waals surface area (Å²) in [6, 6.07) is 16.0. The van der Waals surface area contributed by atoms with Crippen LogP contribution in [0.5, 0.6) is 0 Å². The maximum absolute atomic E-state index is 2.24. The molecule has 0 bridgehead atoms. The molecule has 0 radical (unpaired) electrons. The zero-order chi connectivity index (χ0) is 12.3. The fourth-order valence-electron chi connectivity index (χ4n) is 2.01. The molecule has 0 saturated carbocycles. The Bertz CT molecular complexity index is 494. The maximum Gasteiger partial charge on any atom is 0.113 e. The predicted octanol–water partition coefficient (Wildman–Crippen LogP) is 3.57. The Morgan fingerprint density at radius 2 is 1.72 bits per heavy atom. The molecule has 0 spiro atoms. The van der Waals surface area contributed by atoms with Crippen LogP contribution in [-0.2, 0) is 0 Å². The third kappa shape index (κ3) is 3.28. The van der Waals surface area contributed by atoms with E-state index in [1.54, 1.807) is 0 Å². The standard InChI is InChI=1S/C16H18N.Er/c1-4-14(3)17-12-8-9-13(2)16(17)15-10-6-5-7-11-15;/h4-12H,1-3H3;/q-1;. The molecule has 0 fully saturated rings. The van der Waals surface area contributed by atoms with Gasteiger partial charge in [-0.15, -0.1) is 0 Å². The Hall–Kier alpha value is -0.513. The SMILES string of the molecule is C[CH-][C-](C)[n+]1cccc(C)c1-c1ccccc1.[Er]. The third-order valence-electron chi connectivity index (χ3n) is 3.04. The molecule has 2 heteroatoms. The first-order valence-corrected chi connectivity index (χ1v) is 5.94. The molecule has 2 rings (SSSR count). The van der Waals surface area contributed by atoms with Gasteiger partial charge < -0.3 is 11.0 Å². The minimum absolute atomic E-state index is 0. The first kappa shape index (κ1) is 15.5. The van der Waals surface area contributed by atoms with Crippen LogP contribution in [-0.4, -0.2) is 0 Å². The summed E-state index contributed by atoms with van der Waals surface area (Å²) in [5.74, 6) is 0. The monoisotopic (exact) mass is 390 g/mol. The van der Waals surface area contributed by atoms with Crippen molar-refractivity contribution in [3.63, 3.8) is 0 Å². The van der Waals surface area contributed by atoms with Crippen molar-refractivity contribution in [3.8, 4) is 11.3 Å². The zero-order valence-electron chi connectivity index (χ0n) is 10.9. The largest absolute Gasteiger partial charge is 0.357 e. The molecule has 2 aromatic rings. The van der Waals surface area contributed by atoms with Gasteiger partial charge in [0.05, 0.1) is 6.20 Å². The van der Waals surface area contributed by atoms with Gasteiger partial charge in [0.15, 0.2) is 0 Å². The Balaban J connectivity index is 0.00000162. The Labute approximate surface area is 139 Å². The van der Waals surface area contributed by atoms with Gasteiger partial charge in [-0.1, -0.05) is 55.4 Å². The van der Waals surface area contributed by atoms with Crippen molar-refractivity contribution in [3.05, 3.63) is 66.7 Å². The Kier molecular flexibility index (Phi) is 6.19. The molecule has 0 N–H and O–H groups in total. The van der Waals surface area contributed by atoms with Crippen molar-refractivity contribution in [1.82, 2.24) is 0 Å². The third-order valence-corrected chi connectivity index (χ3v) is 3.04. The number of rotatable bonds is 3. The van der Waals surface area contributed by atoms with Crippen LogP contribution in [0.2, 0.25) is 0 Å². The molecule has 0 aliphatic heterocycles. The maximum atomic E-state index is 2.24. The summed E-state index contributed by atoms with van der Waals surface area (Å²) in [6.07, 6.45) is 4.25. The van der Waals surface area contributed by atoms with Crippen molar-refractivity contribution < 1.29 is 41.9 Å². The quantitative estimate of drug-likeness (QED) is 0.556. The zero-order valence-corrected chi connectivity index (χ0v) is 12.8. The molecule has 0 aliphatic carbocycles. The molecular formula is C16H18ErN-. The van der Waals surface area contributed by atoms with Gasteiger partial charge in [-0.05, 0) is 18.1 Å². The van der Waals surface area contributed by atoms with Crippen LogP contribution in [0.4, 0.5) is 0 Å². The van der Waals surface area contributed by atoms with E-state index in [9.17, 15) is 0 Å². The molecule has 18 heavy (non-hydrogen) atoms. The average molecular weight is 392 g/mol. The van der Waals surface area contributed by atoms with Crippen LogP contribution in [0.15, 0.2) is 48.7 Å². The van der Waals surface area contributed by atoms with E-state index in [0.29, 0.717) is 0 Å². The normalized spacial score (nSPS) is 9.72. The van der Waals surface area contributed by atoms with Crippen molar-refractivity contribution in [1.29, 1.82) is 0 Å². The van der Waals surface area contributed by atoms with Crippen molar-refractivity contribution in [2.24, 2.45) is 0 Å². The second-order valence-electron chi connectivity index (χ2n) is 4.21. The van der Waals surface area contributed by atoms with Crippen molar-refractivity contribution >= 4 is 0 Å². The first-order valence-electron chi connectivity index (χ1n) is 5.94. The van der Waals surface area contributed by atoms with E-state index in [2.05, 4.69) is 80.4 Å². The molecule has 0 unspecified atom stereocenters. The van der Waals surface area contributed by atoms with Gasteiger partial charge in [0.2, 0.25) is 0 Å². The molecular weight excluding hydrogens is 373 g/mol. The van der Waals surface area contributed by atoms with Crippen LogP contribution < -0.4 is 4.57 Å². The summed E-state index contributed by atoms with van der Waals surface area (Å²) in [5.41, 5.74) is 3.82. The molecule has 1 aromatic heterocycles. The van der Waals surface area contributed by atoms with E-state index >= 15 is 0 Å². The summed E-state index contributed by atoms with van der Waals surface area (Å²) in [6.45, 7) is 6.35. The van der Waals surface area contributed by atoms with Gasteiger partial charge in [0, 0.05) is 37.3 Å². The summed E-state index contributed by atoms with van der Waals surface area (Å²) in [5, 5.41) is 0. The van der Waals surface area contributed by atoms with Crippen LogP contribution >= 0.6 is 0 Å². The second-order valence-corrected chi connectivity index (χ2v) is 4.21. The number of benzene rings is 1. The molecule has 0 amide bonds. The number of pyridine rings is 1. The van der Waals surface area contributed by atoms with Gasteiger partial charge in [-0.25, -0.2) is 0 Å². The summed E-state index contributed by atoms with van der Waals surface area (Å²) in [4.78, 5) is 0. The minimum atomic E-state index is 0. The average Bonchev–Trinajstić information content (AvgIpc) is 2.38. The minimum Gasteiger partial charge on any atom is -0.357 e. The van der Waals surface area contributed by atoms with Crippen LogP contribution in [0.3, 0.4) is 0 Å². The van der Waals surface area contributed by atoms with Crippen LogP contribution in [0, 0.1) is 56.7 Å². The van der Waals surface area contributed by atoms with Crippen LogP contribution in [0.1, 0.15) is 19.4 Å². The van der Waals surface area contributed by atoms with Gasteiger partial charge in [-0.3, -0.25) is 0 Å². The number of nitrogens with zero attached hydrogens (tertiary/aromatic N) is 1. The first-order chi connectivity index (χ1) is 8.24. The Morgan fingerprint density at radius 1 is 1.06 bits per heavy atom. The van der Waals surface area contributed by atoms with E-state index in [4.69, 9.17) is 0 Å². The van der Waals surface area contributed by atoms with Gasteiger partial charge in [0.25, 0.3) is 0 Å². The number of aryl methyl sites for hydroxylation is 1. The van der Waals surface area contributed by atoms with Crippen LogP contribution in [0.25, 0.3) is 11.3 Å². The fraction of sp³-hybridized carbons (Fsp3) is 0.188. The molecule has 0 atom stereocenters. The molecule has 1 heterocycles. The van der Waals surface area contributed by atoms with Gasteiger partial charge in [0.1, 0.15) is 5.69 Å². The van der Waals surface area contributed by atoms with Gasteiger partial charge >= 0.3 is 0 Å². The van der Waals surface area contributed by atoms with Crippen molar-refractivity contribution in [2.75, 3.05) is 0 Å². The van der Waals surface area contributed by atoms with E-state index < -0.39 is 0 Å². The number of aromatic nitrogens is 1. The fourth-order valence-corrected chi connectivity index (χ4v) is 2.01. The van der Waals surface area contributed by atoms with Crippen molar-refractivity contribution in [2.45, 2.75) is 20.8 Å². The summed E-state index contributed by atoms with van der Waals surface area (Å²) < 4.78 is 2.24. The number of hydrogen-bond acceptors (Lipinski definition) is 0. The van der Waals surface area contributed by atoms with E-state index in [1.807, 2.05) is 0 Å². The van der Waals surface area contributed by atoms with Gasteiger partial charge in [-0.2, -0.15) is 6.92 Å². The number of hydrogen-bond donors (Lipinski definition) is 0. The molecule has 0 saturated heterocycles. The second kappa shape index (κ2) is 7.17. The molecule has 1 nitrogen and oxygen atoms in total. The molecule has 1 aromatic carbocycles. The van der Waals surface area contributed by atoms with E-state index in [1.165, 1.54) is 22.9 Å². The smallest absolute Gasteiger partial charge is 0.113 e. The topological polar surface area (TPSA) is 3.88 Å². The van der Waals surface area contributed by atoms with E-state index in [0.717, 1.165) is 0 Å². The van der Waals surface area contributed by atoms with E-state index in [-0.39, 0.29) is 37.3 Å². The predicted molar refractivity (Wildman–Crippen MR) is 71.1 cm³/mol. The summed E-state index contributed by atoms with van der Waals surface area (Å²) >= 11 is 0. The summed E-state index contributed by atoms with van der Waals surface area (Å²) in [7, 11) is 0. The Morgan fingerprint density at radius 3 is 2.33 bits per heavy atom. The molecule has 100 valence electrons.